The molecule has 0 bridgehead atoms. The fourth-order valence-corrected chi connectivity index (χ4v) is 2.87. The van der Waals surface area contributed by atoms with Gasteiger partial charge in [0, 0.05) is 25.2 Å². The van der Waals surface area contributed by atoms with Crippen LogP contribution in [0.1, 0.15) is 41.8 Å². The van der Waals surface area contributed by atoms with Gasteiger partial charge in [-0.05, 0) is 32.8 Å². The average molecular weight is 344 g/mol. The molecule has 0 saturated carbocycles. The lowest BCUT2D eigenvalue weighted by Gasteiger charge is -2.40. The first-order valence-corrected chi connectivity index (χ1v) is 7.55. The van der Waals surface area contributed by atoms with Crippen molar-refractivity contribution in [3.8, 4) is 0 Å². The Hall–Kier alpha value is -2.19. The Labute approximate surface area is 137 Å². The van der Waals surface area contributed by atoms with Crippen LogP contribution in [0, 0.1) is 13.8 Å². The number of carbonyl (C=O) groups excluding carboxylic acids is 2. The minimum Gasteiger partial charge on any atom is -0.346 e. The second-order valence-corrected chi connectivity index (χ2v) is 5.92. The van der Waals surface area contributed by atoms with Crippen molar-refractivity contribution in [2.45, 2.75) is 51.9 Å². The van der Waals surface area contributed by atoms with Crippen molar-refractivity contribution in [3.05, 3.63) is 23.3 Å². The molecule has 1 N–H and O–H groups in total. The Balaban J connectivity index is 2.08. The van der Waals surface area contributed by atoms with Crippen molar-refractivity contribution in [2.75, 3.05) is 6.54 Å². The monoisotopic (exact) mass is 344 g/mol. The normalized spacial score (nSPS) is 21.5. The predicted molar refractivity (Wildman–Crippen MR) is 79.2 cm³/mol. The van der Waals surface area contributed by atoms with Crippen LogP contribution < -0.4 is 5.32 Å². The lowest BCUT2D eigenvalue weighted by molar-refractivity contribution is -0.196. The van der Waals surface area contributed by atoms with Crippen LogP contribution in [-0.2, 0) is 4.79 Å². The van der Waals surface area contributed by atoms with E-state index in [1.807, 2.05) is 0 Å². The van der Waals surface area contributed by atoms with Crippen molar-refractivity contribution in [1.29, 1.82) is 0 Å². The number of nitrogens with zero attached hydrogens (tertiary/aromatic N) is 3. The summed E-state index contributed by atoms with van der Waals surface area (Å²) in [6.07, 6.45) is -4.57. The van der Waals surface area contributed by atoms with E-state index in [0.29, 0.717) is 11.5 Å². The van der Waals surface area contributed by atoms with Gasteiger partial charge in [0.25, 0.3) is 5.91 Å². The van der Waals surface area contributed by atoms with Gasteiger partial charge in [-0.3, -0.25) is 9.59 Å². The van der Waals surface area contributed by atoms with E-state index in [0.717, 1.165) is 11.8 Å². The van der Waals surface area contributed by atoms with Crippen LogP contribution in [0.2, 0.25) is 0 Å². The molecule has 1 aliphatic heterocycles. The standard InChI is InChI=1S/C15H19F3N4O2/c1-8-6-12(20-9(2)19-8)14(24)21-11-4-5-13(15(16,17)18)22(7-11)10(3)23/h6,11,13H,4-5,7H2,1-3H3,(H,21,24)/t11-,13-/m0/s1. The number of aryl methyl sites for hydroxylation is 2. The fourth-order valence-electron chi connectivity index (χ4n) is 2.87. The van der Waals surface area contributed by atoms with Gasteiger partial charge < -0.3 is 10.2 Å². The molecule has 24 heavy (non-hydrogen) atoms. The van der Waals surface area contributed by atoms with E-state index < -0.39 is 30.1 Å². The van der Waals surface area contributed by atoms with E-state index in [1.165, 1.54) is 6.07 Å². The molecule has 1 aliphatic rings. The highest BCUT2D eigenvalue weighted by Crippen LogP contribution is 2.32. The number of amides is 2. The maximum atomic E-state index is 13.0. The van der Waals surface area contributed by atoms with Gasteiger partial charge in [0.15, 0.2) is 0 Å². The number of hydrogen-bond acceptors (Lipinski definition) is 4. The molecule has 2 atom stereocenters. The zero-order valence-electron chi connectivity index (χ0n) is 13.6. The molecule has 2 rings (SSSR count). The number of aromatic nitrogens is 2. The summed E-state index contributed by atoms with van der Waals surface area (Å²) in [4.78, 5) is 32.6. The predicted octanol–water partition coefficient (Wildman–Crippen LogP) is 1.77. The van der Waals surface area contributed by atoms with Gasteiger partial charge in [0.1, 0.15) is 17.6 Å². The lowest BCUT2D eigenvalue weighted by atomic mass is 9.97. The molecule has 0 unspecified atom stereocenters. The number of carbonyl (C=O) groups is 2. The SMILES string of the molecule is CC(=O)N1C[C@@H](NC(=O)c2cc(C)nc(C)n2)CC[C@H]1C(F)(F)F. The van der Waals surface area contributed by atoms with Crippen LogP contribution in [0.5, 0.6) is 0 Å². The topological polar surface area (TPSA) is 75.2 Å². The molecule has 0 spiro atoms. The molecule has 1 aromatic heterocycles. The minimum absolute atomic E-state index is 0.142. The number of nitrogens with one attached hydrogen (secondary N) is 1. The number of hydrogen-bond donors (Lipinski definition) is 1. The third-order valence-corrected chi connectivity index (χ3v) is 3.90. The smallest absolute Gasteiger partial charge is 0.346 e. The van der Waals surface area contributed by atoms with Gasteiger partial charge in [-0.15, -0.1) is 0 Å². The Kier molecular flexibility index (Phi) is 5.10. The van der Waals surface area contributed by atoms with Gasteiger partial charge >= 0.3 is 6.18 Å². The van der Waals surface area contributed by atoms with Gasteiger partial charge in [-0.1, -0.05) is 0 Å². The van der Waals surface area contributed by atoms with Crippen LogP contribution >= 0.6 is 0 Å². The second-order valence-electron chi connectivity index (χ2n) is 5.92. The van der Waals surface area contributed by atoms with Crippen LogP contribution in [-0.4, -0.2) is 51.5 Å². The quantitative estimate of drug-likeness (QED) is 0.887. The summed E-state index contributed by atoms with van der Waals surface area (Å²) in [6, 6.07) is -0.839. The third-order valence-electron chi connectivity index (χ3n) is 3.90. The molecule has 0 radical (unpaired) electrons. The summed E-state index contributed by atoms with van der Waals surface area (Å²) < 4.78 is 39.0. The van der Waals surface area contributed by atoms with E-state index >= 15 is 0 Å². The molecule has 1 aromatic rings. The second kappa shape index (κ2) is 6.74. The van der Waals surface area contributed by atoms with E-state index in [-0.39, 0.29) is 25.1 Å². The van der Waals surface area contributed by atoms with Gasteiger partial charge in [-0.2, -0.15) is 13.2 Å². The highest BCUT2D eigenvalue weighted by Gasteiger charge is 2.47. The van der Waals surface area contributed by atoms with Crippen LogP contribution in [0.3, 0.4) is 0 Å². The molecule has 1 saturated heterocycles. The van der Waals surface area contributed by atoms with Gasteiger partial charge in [-0.25, -0.2) is 9.97 Å². The summed E-state index contributed by atoms with van der Waals surface area (Å²) in [5.41, 5.74) is 0.783. The Morgan fingerprint density at radius 2 is 1.92 bits per heavy atom. The van der Waals surface area contributed by atoms with Crippen molar-refractivity contribution >= 4 is 11.8 Å². The van der Waals surface area contributed by atoms with Crippen molar-refractivity contribution in [1.82, 2.24) is 20.2 Å². The number of piperidine rings is 1. The number of likely N-dealkylation sites (tertiary alicyclic amines) is 1. The summed E-state index contributed by atoms with van der Waals surface area (Å²) in [6.45, 7) is 4.29. The molecule has 132 valence electrons. The summed E-state index contributed by atoms with van der Waals surface area (Å²) in [7, 11) is 0. The highest BCUT2D eigenvalue weighted by atomic mass is 19.4. The largest absolute Gasteiger partial charge is 0.408 e. The Morgan fingerprint density at radius 1 is 1.25 bits per heavy atom. The molecule has 2 amide bonds. The first-order valence-electron chi connectivity index (χ1n) is 7.55. The van der Waals surface area contributed by atoms with E-state index in [2.05, 4.69) is 15.3 Å². The highest BCUT2D eigenvalue weighted by molar-refractivity contribution is 5.92. The maximum absolute atomic E-state index is 13.0. The minimum atomic E-state index is -4.47. The molecule has 0 aromatic carbocycles. The van der Waals surface area contributed by atoms with E-state index in [9.17, 15) is 22.8 Å². The van der Waals surface area contributed by atoms with Crippen LogP contribution in [0.4, 0.5) is 13.2 Å². The molecular formula is C15H19F3N4O2. The number of halogens is 3. The Bertz CT molecular complexity index is 628. The third kappa shape index (κ3) is 4.21. The zero-order chi connectivity index (χ0) is 18.1. The summed E-state index contributed by atoms with van der Waals surface area (Å²) in [5, 5.41) is 2.66. The molecule has 9 heteroatoms. The molecule has 1 fully saturated rings. The van der Waals surface area contributed by atoms with Crippen molar-refractivity contribution in [3.63, 3.8) is 0 Å². The van der Waals surface area contributed by atoms with Crippen molar-refractivity contribution in [2.24, 2.45) is 0 Å². The first-order chi connectivity index (χ1) is 11.1. The van der Waals surface area contributed by atoms with Gasteiger partial charge in [0.05, 0.1) is 0 Å². The van der Waals surface area contributed by atoms with Crippen LogP contribution in [0.15, 0.2) is 6.07 Å². The molecule has 6 nitrogen and oxygen atoms in total. The maximum Gasteiger partial charge on any atom is 0.408 e. The lowest BCUT2D eigenvalue weighted by Crippen LogP contribution is -2.57. The summed E-state index contributed by atoms with van der Waals surface area (Å²) >= 11 is 0. The van der Waals surface area contributed by atoms with E-state index in [1.54, 1.807) is 13.8 Å². The average Bonchev–Trinajstić information content (AvgIpc) is 2.44. The van der Waals surface area contributed by atoms with E-state index in [4.69, 9.17) is 0 Å². The zero-order valence-corrected chi connectivity index (χ0v) is 13.6. The number of alkyl halides is 3. The molecule has 0 aliphatic carbocycles. The molecule has 2 heterocycles. The Morgan fingerprint density at radius 3 is 2.46 bits per heavy atom. The summed E-state index contributed by atoms with van der Waals surface area (Å²) in [5.74, 6) is -0.709. The van der Waals surface area contributed by atoms with Gasteiger partial charge in [0.2, 0.25) is 5.91 Å². The van der Waals surface area contributed by atoms with Crippen molar-refractivity contribution < 1.29 is 22.8 Å². The first kappa shape index (κ1) is 18.2. The van der Waals surface area contributed by atoms with Crippen LogP contribution in [0.25, 0.3) is 0 Å². The molecular weight excluding hydrogens is 325 g/mol. The fraction of sp³-hybridized carbons (Fsp3) is 0.600. The number of rotatable bonds is 2.